The highest BCUT2D eigenvalue weighted by atomic mass is 16.2. The minimum atomic E-state index is -0.0231. The topological polar surface area (TPSA) is 73.1 Å². The van der Waals surface area contributed by atoms with E-state index in [0.717, 1.165) is 50.3 Å². The van der Waals surface area contributed by atoms with Gasteiger partial charge in [0.05, 0.1) is 22.9 Å². The Morgan fingerprint density at radius 1 is 1.10 bits per heavy atom. The number of carbonyl (C=O) groups excluding carboxylic acids is 1. The SMILES string of the molecule is CC1CCN(c2ncc(C(=O)N(C)C3CCCCC3)c(-c3ccc(C#N)cc3)n2)CC1. The van der Waals surface area contributed by atoms with Crippen LogP contribution < -0.4 is 4.90 Å². The van der Waals surface area contributed by atoms with Crippen molar-refractivity contribution in [2.45, 2.75) is 57.9 Å². The summed E-state index contributed by atoms with van der Waals surface area (Å²) in [6.07, 6.45) is 9.66. The molecule has 0 bridgehead atoms. The molecule has 2 fully saturated rings. The molecule has 1 aliphatic carbocycles. The van der Waals surface area contributed by atoms with Gasteiger partial charge in [-0.2, -0.15) is 5.26 Å². The molecule has 1 aliphatic heterocycles. The first-order valence-electron chi connectivity index (χ1n) is 11.5. The van der Waals surface area contributed by atoms with Gasteiger partial charge < -0.3 is 9.80 Å². The zero-order valence-electron chi connectivity index (χ0n) is 18.5. The fourth-order valence-corrected chi connectivity index (χ4v) is 4.64. The first-order chi connectivity index (χ1) is 15.1. The summed E-state index contributed by atoms with van der Waals surface area (Å²) >= 11 is 0. The molecule has 0 unspecified atom stereocenters. The molecule has 2 aliphatic rings. The zero-order chi connectivity index (χ0) is 21.8. The first kappa shape index (κ1) is 21.3. The zero-order valence-corrected chi connectivity index (χ0v) is 18.5. The summed E-state index contributed by atoms with van der Waals surface area (Å²) in [4.78, 5) is 27.1. The Labute approximate surface area is 184 Å². The summed E-state index contributed by atoms with van der Waals surface area (Å²) < 4.78 is 0. The van der Waals surface area contributed by atoms with E-state index >= 15 is 0 Å². The molecule has 0 spiro atoms. The second-order valence-electron chi connectivity index (χ2n) is 9.00. The molecule has 1 saturated heterocycles. The van der Waals surface area contributed by atoms with Gasteiger partial charge in [0, 0.05) is 37.9 Å². The van der Waals surface area contributed by atoms with Crippen LogP contribution in [0, 0.1) is 17.2 Å². The molecule has 0 atom stereocenters. The predicted molar refractivity (Wildman–Crippen MR) is 122 cm³/mol. The second-order valence-corrected chi connectivity index (χ2v) is 9.00. The Hall–Kier alpha value is -2.94. The van der Waals surface area contributed by atoms with Crippen LogP contribution in [0.3, 0.4) is 0 Å². The first-order valence-corrected chi connectivity index (χ1v) is 11.5. The molecule has 2 heterocycles. The lowest BCUT2D eigenvalue weighted by atomic mass is 9.94. The minimum absolute atomic E-state index is 0.0231. The molecule has 1 amide bonds. The van der Waals surface area contributed by atoms with Crippen LogP contribution in [-0.2, 0) is 0 Å². The summed E-state index contributed by atoms with van der Waals surface area (Å²) in [6.45, 7) is 4.15. The lowest BCUT2D eigenvalue weighted by Crippen LogP contribution is -2.39. The van der Waals surface area contributed by atoms with E-state index in [0.29, 0.717) is 22.8 Å². The fraction of sp³-hybridized carbons (Fsp3) is 0.520. The van der Waals surface area contributed by atoms with E-state index in [9.17, 15) is 4.79 Å². The molecule has 0 radical (unpaired) electrons. The van der Waals surface area contributed by atoms with Crippen molar-refractivity contribution in [3.8, 4) is 17.3 Å². The van der Waals surface area contributed by atoms with E-state index < -0.39 is 0 Å². The van der Waals surface area contributed by atoms with E-state index in [4.69, 9.17) is 10.2 Å². The monoisotopic (exact) mass is 417 g/mol. The Kier molecular flexibility index (Phi) is 6.50. The summed E-state index contributed by atoms with van der Waals surface area (Å²) in [7, 11) is 1.90. The van der Waals surface area contributed by atoms with Crippen molar-refractivity contribution >= 4 is 11.9 Å². The van der Waals surface area contributed by atoms with Crippen molar-refractivity contribution in [2.75, 3.05) is 25.0 Å². The van der Waals surface area contributed by atoms with Gasteiger partial charge in [-0.25, -0.2) is 9.97 Å². The molecule has 4 rings (SSSR count). The van der Waals surface area contributed by atoms with Gasteiger partial charge in [-0.1, -0.05) is 38.3 Å². The van der Waals surface area contributed by atoms with E-state index in [2.05, 4.69) is 22.9 Å². The molecule has 6 heteroatoms. The number of aromatic nitrogens is 2. The van der Waals surface area contributed by atoms with Crippen LogP contribution >= 0.6 is 0 Å². The summed E-state index contributed by atoms with van der Waals surface area (Å²) in [5.74, 6) is 1.38. The van der Waals surface area contributed by atoms with Crippen LogP contribution in [0.25, 0.3) is 11.3 Å². The van der Waals surface area contributed by atoms with E-state index in [1.54, 1.807) is 18.3 Å². The predicted octanol–water partition coefficient (Wildman–Crippen LogP) is 4.66. The normalized spacial score (nSPS) is 17.9. The largest absolute Gasteiger partial charge is 0.341 e. The van der Waals surface area contributed by atoms with Crippen molar-refractivity contribution in [3.63, 3.8) is 0 Å². The van der Waals surface area contributed by atoms with Crippen LogP contribution in [-0.4, -0.2) is 47.0 Å². The maximum Gasteiger partial charge on any atom is 0.257 e. The maximum absolute atomic E-state index is 13.5. The van der Waals surface area contributed by atoms with Gasteiger partial charge in [0.2, 0.25) is 5.95 Å². The van der Waals surface area contributed by atoms with Crippen molar-refractivity contribution in [1.82, 2.24) is 14.9 Å². The fourth-order valence-electron chi connectivity index (χ4n) is 4.64. The molecule has 1 aromatic heterocycles. The molecule has 1 aromatic carbocycles. The molecular formula is C25H31N5O. The highest BCUT2D eigenvalue weighted by molar-refractivity contribution is 6.00. The summed E-state index contributed by atoms with van der Waals surface area (Å²) in [5.41, 5.74) is 2.62. The van der Waals surface area contributed by atoms with E-state index in [1.165, 1.54) is 19.3 Å². The molecule has 1 saturated carbocycles. The Bertz CT molecular complexity index is 951. The number of amides is 1. The van der Waals surface area contributed by atoms with Crippen molar-refractivity contribution in [2.24, 2.45) is 5.92 Å². The summed E-state index contributed by atoms with van der Waals surface area (Å²) in [6, 6.07) is 9.74. The van der Waals surface area contributed by atoms with Crippen molar-refractivity contribution in [3.05, 3.63) is 41.6 Å². The number of nitrogens with zero attached hydrogens (tertiary/aromatic N) is 5. The molecular weight excluding hydrogens is 386 g/mol. The lowest BCUT2D eigenvalue weighted by Gasteiger charge is -2.32. The third kappa shape index (κ3) is 4.71. The summed E-state index contributed by atoms with van der Waals surface area (Å²) in [5, 5.41) is 9.15. The number of hydrogen-bond acceptors (Lipinski definition) is 5. The van der Waals surface area contributed by atoms with Crippen molar-refractivity contribution < 1.29 is 4.79 Å². The molecule has 31 heavy (non-hydrogen) atoms. The molecule has 162 valence electrons. The van der Waals surface area contributed by atoms with Gasteiger partial charge in [-0.15, -0.1) is 0 Å². The highest BCUT2D eigenvalue weighted by Gasteiger charge is 2.27. The third-order valence-electron chi connectivity index (χ3n) is 6.80. The average Bonchev–Trinajstić information content (AvgIpc) is 2.84. The maximum atomic E-state index is 13.5. The standard InChI is InChI=1S/C25H31N5O/c1-18-12-14-30(15-13-18)25-27-17-22(24(31)29(2)21-6-4-3-5-7-21)23(28-25)20-10-8-19(16-26)9-11-20/h8-11,17-18,21H,3-7,12-15H2,1-2H3. The Morgan fingerprint density at radius 3 is 2.42 bits per heavy atom. The Balaban J connectivity index is 1.69. The van der Waals surface area contributed by atoms with Crippen LogP contribution in [0.4, 0.5) is 5.95 Å². The number of nitriles is 1. The number of piperidine rings is 1. The number of anilines is 1. The smallest absolute Gasteiger partial charge is 0.257 e. The van der Waals surface area contributed by atoms with E-state index in [1.807, 2.05) is 24.1 Å². The van der Waals surface area contributed by atoms with Gasteiger partial charge in [-0.05, 0) is 43.7 Å². The number of rotatable bonds is 4. The van der Waals surface area contributed by atoms with E-state index in [-0.39, 0.29) is 11.9 Å². The van der Waals surface area contributed by atoms with Crippen LogP contribution in [0.1, 0.15) is 67.8 Å². The lowest BCUT2D eigenvalue weighted by molar-refractivity contribution is 0.0696. The van der Waals surface area contributed by atoms with Crippen LogP contribution in [0.5, 0.6) is 0 Å². The van der Waals surface area contributed by atoms with Gasteiger partial charge in [0.1, 0.15) is 0 Å². The van der Waals surface area contributed by atoms with Gasteiger partial charge in [0.25, 0.3) is 5.91 Å². The van der Waals surface area contributed by atoms with Gasteiger partial charge in [0.15, 0.2) is 0 Å². The molecule has 0 N–H and O–H groups in total. The van der Waals surface area contributed by atoms with Gasteiger partial charge >= 0.3 is 0 Å². The van der Waals surface area contributed by atoms with Crippen molar-refractivity contribution in [1.29, 1.82) is 5.26 Å². The highest BCUT2D eigenvalue weighted by Crippen LogP contribution is 2.29. The molecule has 2 aromatic rings. The van der Waals surface area contributed by atoms with Crippen LogP contribution in [0.15, 0.2) is 30.5 Å². The quantitative estimate of drug-likeness (QED) is 0.724. The number of carbonyl (C=O) groups is 1. The second kappa shape index (κ2) is 9.47. The average molecular weight is 418 g/mol. The van der Waals surface area contributed by atoms with Crippen LogP contribution in [0.2, 0.25) is 0 Å². The third-order valence-corrected chi connectivity index (χ3v) is 6.80. The number of benzene rings is 1. The Morgan fingerprint density at radius 2 is 1.77 bits per heavy atom. The molecule has 6 nitrogen and oxygen atoms in total. The number of hydrogen-bond donors (Lipinski definition) is 0. The van der Waals surface area contributed by atoms with Gasteiger partial charge in [-0.3, -0.25) is 4.79 Å². The minimum Gasteiger partial charge on any atom is -0.341 e.